The topological polar surface area (TPSA) is 128 Å². The number of carboxylic acid groups (broad SMARTS) is 2. The second-order valence-corrected chi connectivity index (χ2v) is 6.83. The summed E-state index contributed by atoms with van der Waals surface area (Å²) in [6.45, 7) is 8.97. The van der Waals surface area contributed by atoms with Gasteiger partial charge in [0.15, 0.2) is 0 Å². The molecule has 162 valence electrons. The molecule has 0 bridgehead atoms. The van der Waals surface area contributed by atoms with Gasteiger partial charge in [-0.3, -0.25) is 14.3 Å². The molecule has 1 aliphatic heterocycles. The van der Waals surface area contributed by atoms with E-state index < -0.39 is 0 Å². The fourth-order valence-corrected chi connectivity index (χ4v) is 3.31. The lowest BCUT2D eigenvalue weighted by Crippen LogP contribution is -2.44. The van der Waals surface area contributed by atoms with Gasteiger partial charge in [-0.2, -0.15) is 5.10 Å². The van der Waals surface area contributed by atoms with Gasteiger partial charge in [-0.25, -0.2) is 4.98 Å². The van der Waals surface area contributed by atoms with E-state index in [1.807, 2.05) is 17.1 Å². The van der Waals surface area contributed by atoms with Gasteiger partial charge in [0, 0.05) is 44.6 Å². The number of aromatic nitrogens is 4. The number of aryl methyl sites for hydroxylation is 2. The molecule has 0 atom stereocenters. The van der Waals surface area contributed by atoms with Gasteiger partial charge in [-0.1, -0.05) is 0 Å². The van der Waals surface area contributed by atoms with Crippen molar-refractivity contribution in [3.8, 4) is 11.4 Å². The molecule has 3 aromatic rings. The van der Waals surface area contributed by atoms with Gasteiger partial charge in [0.25, 0.3) is 12.9 Å². The maximum Gasteiger partial charge on any atom is 0.290 e. The van der Waals surface area contributed by atoms with Crippen LogP contribution in [0.4, 0.5) is 5.69 Å². The number of rotatable bonds is 3. The van der Waals surface area contributed by atoms with Crippen molar-refractivity contribution in [2.24, 2.45) is 0 Å². The smallest absolute Gasteiger partial charge is 0.290 e. The Hall–Kier alpha value is -3.40. The Balaban J connectivity index is 0.000000480. The quantitative estimate of drug-likeness (QED) is 0.553. The summed E-state index contributed by atoms with van der Waals surface area (Å²) in [6.07, 6.45) is 3.91. The molecule has 1 aliphatic rings. The molecule has 3 N–H and O–H groups in total. The van der Waals surface area contributed by atoms with Crippen molar-refractivity contribution in [2.75, 3.05) is 38.1 Å². The molecule has 0 unspecified atom stereocenters. The van der Waals surface area contributed by atoms with Crippen molar-refractivity contribution < 1.29 is 19.8 Å². The molecule has 3 heterocycles. The third-order valence-electron chi connectivity index (χ3n) is 4.86. The van der Waals surface area contributed by atoms with Gasteiger partial charge in [-0.05, 0) is 38.6 Å². The minimum atomic E-state index is -0.250. The summed E-state index contributed by atoms with van der Waals surface area (Å²) in [4.78, 5) is 29.8. The highest BCUT2D eigenvalue weighted by Crippen LogP contribution is 2.28. The third-order valence-corrected chi connectivity index (χ3v) is 4.86. The molecule has 1 saturated heterocycles. The van der Waals surface area contributed by atoms with E-state index in [0.29, 0.717) is 0 Å². The number of nitrogens with one attached hydrogen (secondary N) is 1. The molecule has 4 rings (SSSR count). The lowest BCUT2D eigenvalue weighted by Gasteiger charge is -2.34. The highest BCUT2D eigenvalue weighted by molar-refractivity contribution is 5.85. The first-order chi connectivity index (χ1) is 14.5. The van der Waals surface area contributed by atoms with Crippen LogP contribution < -0.4 is 4.90 Å². The van der Waals surface area contributed by atoms with Crippen LogP contribution in [0.1, 0.15) is 12.5 Å². The van der Waals surface area contributed by atoms with E-state index in [4.69, 9.17) is 24.8 Å². The predicted molar refractivity (Wildman–Crippen MR) is 115 cm³/mol. The Morgan fingerprint density at radius 3 is 2.33 bits per heavy atom. The fraction of sp³-hybridized carbons (Fsp3) is 0.400. The Kier molecular flexibility index (Phi) is 8.36. The summed E-state index contributed by atoms with van der Waals surface area (Å²) in [5.74, 6) is 0.892. The third kappa shape index (κ3) is 5.57. The van der Waals surface area contributed by atoms with Crippen LogP contribution in [-0.2, 0) is 16.1 Å². The molecule has 0 spiro atoms. The predicted octanol–water partition coefficient (Wildman–Crippen LogP) is 1.91. The molecule has 1 fully saturated rings. The number of carbonyl (C=O) groups is 2. The first-order valence-electron chi connectivity index (χ1n) is 9.59. The zero-order chi connectivity index (χ0) is 22.1. The van der Waals surface area contributed by atoms with Crippen molar-refractivity contribution >= 4 is 29.7 Å². The first-order valence-corrected chi connectivity index (χ1v) is 9.59. The number of piperazine rings is 1. The van der Waals surface area contributed by atoms with Crippen molar-refractivity contribution in [2.45, 2.75) is 20.4 Å². The van der Waals surface area contributed by atoms with Gasteiger partial charge in [0.2, 0.25) is 0 Å². The minimum absolute atomic E-state index is 0.250. The molecule has 1 aromatic carbocycles. The molecule has 0 amide bonds. The van der Waals surface area contributed by atoms with E-state index in [2.05, 4.69) is 52.9 Å². The van der Waals surface area contributed by atoms with Crippen molar-refractivity contribution in [1.82, 2.24) is 24.6 Å². The van der Waals surface area contributed by atoms with E-state index in [0.717, 1.165) is 55.1 Å². The van der Waals surface area contributed by atoms with Gasteiger partial charge in [0.05, 0.1) is 22.8 Å². The number of hydrogen-bond acceptors (Lipinski definition) is 6. The van der Waals surface area contributed by atoms with Crippen molar-refractivity contribution in [1.29, 1.82) is 0 Å². The van der Waals surface area contributed by atoms with Crippen molar-refractivity contribution in [3.05, 3.63) is 30.1 Å². The fourth-order valence-electron chi connectivity index (χ4n) is 3.31. The van der Waals surface area contributed by atoms with Crippen LogP contribution in [0.15, 0.2) is 24.5 Å². The number of nitrogens with zero attached hydrogens (tertiary/aromatic N) is 5. The molecule has 2 aromatic heterocycles. The number of imidazole rings is 1. The number of aromatic amines is 1. The number of likely N-dealkylation sites (N-methyl/N-ethyl adjacent to an activating group) is 1. The van der Waals surface area contributed by atoms with Crippen LogP contribution in [0.2, 0.25) is 0 Å². The maximum atomic E-state index is 8.36. The second-order valence-electron chi connectivity index (χ2n) is 6.83. The average molecular weight is 416 g/mol. The molecule has 30 heavy (non-hydrogen) atoms. The largest absolute Gasteiger partial charge is 0.483 e. The highest BCUT2D eigenvalue weighted by atomic mass is 16.3. The summed E-state index contributed by atoms with van der Waals surface area (Å²) >= 11 is 0. The first kappa shape index (κ1) is 22.9. The zero-order valence-electron chi connectivity index (χ0n) is 17.4. The van der Waals surface area contributed by atoms with Gasteiger partial charge < -0.3 is 25.0 Å². The van der Waals surface area contributed by atoms with Crippen LogP contribution in [-0.4, -0.2) is 81.0 Å². The lowest BCUT2D eigenvalue weighted by atomic mass is 10.1. The maximum absolute atomic E-state index is 8.36. The van der Waals surface area contributed by atoms with Crippen LogP contribution in [0.5, 0.6) is 0 Å². The number of fused-ring (bicyclic) bond motifs is 1. The highest BCUT2D eigenvalue weighted by Gasteiger charge is 2.17. The Labute approximate surface area is 174 Å². The van der Waals surface area contributed by atoms with Crippen LogP contribution in [0, 0.1) is 6.92 Å². The molecular formula is C20H28N6O4. The monoisotopic (exact) mass is 416 g/mol. The summed E-state index contributed by atoms with van der Waals surface area (Å²) in [7, 11) is 2.18. The van der Waals surface area contributed by atoms with Gasteiger partial charge >= 0.3 is 0 Å². The summed E-state index contributed by atoms with van der Waals surface area (Å²) in [5.41, 5.74) is 5.68. The van der Waals surface area contributed by atoms with Crippen LogP contribution in [0.3, 0.4) is 0 Å². The molecule has 0 radical (unpaired) electrons. The van der Waals surface area contributed by atoms with Gasteiger partial charge in [0.1, 0.15) is 5.82 Å². The lowest BCUT2D eigenvalue weighted by molar-refractivity contribution is -0.123. The van der Waals surface area contributed by atoms with E-state index in [1.165, 1.54) is 11.3 Å². The van der Waals surface area contributed by atoms with E-state index >= 15 is 0 Å². The Morgan fingerprint density at radius 1 is 1.13 bits per heavy atom. The molecule has 0 saturated carbocycles. The molecular weight excluding hydrogens is 388 g/mol. The van der Waals surface area contributed by atoms with E-state index in [9.17, 15) is 0 Å². The standard InChI is InChI=1S/C18H24N6.2CH2O2/c1-4-24-12-14(11-19-24)18-20-16-10-15(9-13(2)17(16)21-18)23-7-5-22(3)6-8-23;2*2-1-3/h9-12H,4-8H2,1-3H3,(H,20,21);2*1H,(H,2,3). The number of hydrogen-bond donors (Lipinski definition) is 3. The normalized spacial score (nSPS) is 13.8. The summed E-state index contributed by atoms with van der Waals surface area (Å²) in [5, 5.41) is 18.1. The molecule has 10 heteroatoms. The average Bonchev–Trinajstić information content (AvgIpc) is 3.37. The Bertz CT molecular complexity index is 954. The molecule has 0 aliphatic carbocycles. The second kappa shape index (κ2) is 11.0. The van der Waals surface area contributed by atoms with Crippen LogP contribution >= 0.6 is 0 Å². The SMILES string of the molecule is CCn1cc(-c2nc3c(C)cc(N4CCN(C)CC4)cc3[nH]2)cn1.O=CO.O=CO. The van der Waals surface area contributed by atoms with Crippen LogP contribution in [0.25, 0.3) is 22.4 Å². The zero-order valence-corrected chi connectivity index (χ0v) is 17.4. The minimum Gasteiger partial charge on any atom is -0.483 e. The molecule has 10 nitrogen and oxygen atoms in total. The number of H-pyrrole nitrogens is 1. The van der Waals surface area contributed by atoms with E-state index in [1.54, 1.807) is 0 Å². The van der Waals surface area contributed by atoms with E-state index in [-0.39, 0.29) is 12.9 Å². The Morgan fingerprint density at radius 2 is 1.77 bits per heavy atom. The van der Waals surface area contributed by atoms with Gasteiger partial charge in [-0.15, -0.1) is 0 Å². The number of benzene rings is 1. The summed E-state index contributed by atoms with van der Waals surface area (Å²) < 4.78 is 1.92. The number of anilines is 1. The van der Waals surface area contributed by atoms with Crippen molar-refractivity contribution in [3.63, 3.8) is 0 Å². The summed E-state index contributed by atoms with van der Waals surface area (Å²) in [6, 6.07) is 4.49.